The van der Waals surface area contributed by atoms with Crippen LogP contribution in [0.1, 0.15) is 25.0 Å². The molecule has 1 fully saturated rings. The maximum Gasteiger partial charge on any atom is 0.321 e. The van der Waals surface area contributed by atoms with Gasteiger partial charge in [-0.2, -0.15) is 0 Å². The van der Waals surface area contributed by atoms with Crippen molar-refractivity contribution in [3.05, 3.63) is 11.1 Å². The van der Waals surface area contributed by atoms with Crippen LogP contribution in [-0.2, 0) is 4.79 Å². The molecule has 0 bridgehead atoms. The summed E-state index contributed by atoms with van der Waals surface area (Å²) >= 11 is 1.40. The van der Waals surface area contributed by atoms with E-state index in [2.05, 4.69) is 15.6 Å². The number of urea groups is 1. The maximum absolute atomic E-state index is 11.5. The highest BCUT2D eigenvalue weighted by atomic mass is 32.1. The molecule has 2 rings (SSSR count). The predicted octanol–water partition coefficient (Wildman–Crippen LogP) is 1.59. The van der Waals surface area contributed by atoms with Crippen LogP contribution in [0.2, 0.25) is 0 Å². The summed E-state index contributed by atoms with van der Waals surface area (Å²) in [5, 5.41) is 7.92. The van der Waals surface area contributed by atoms with Crippen LogP contribution in [0, 0.1) is 6.92 Å². The number of carbonyl (C=O) groups is 2. The molecule has 1 aromatic rings. The first kappa shape index (κ1) is 13.8. The number of nitrogens with zero attached hydrogens (tertiary/aromatic N) is 2. The molecule has 1 aliphatic rings. The van der Waals surface area contributed by atoms with Crippen LogP contribution >= 0.6 is 11.3 Å². The number of likely N-dealkylation sites (tertiary alicyclic amines) is 1. The topological polar surface area (TPSA) is 74.3 Å². The van der Waals surface area contributed by atoms with E-state index in [1.54, 1.807) is 0 Å². The number of amides is 3. The van der Waals surface area contributed by atoms with Crippen molar-refractivity contribution in [3.8, 4) is 0 Å². The summed E-state index contributed by atoms with van der Waals surface area (Å²) in [4.78, 5) is 28.9. The Kier molecular flexibility index (Phi) is 4.73. The van der Waals surface area contributed by atoms with Gasteiger partial charge in [0.25, 0.3) is 0 Å². The number of carbonyl (C=O) groups excluding carboxylic acids is 2. The Morgan fingerprint density at radius 3 is 3.05 bits per heavy atom. The zero-order valence-corrected chi connectivity index (χ0v) is 11.8. The molecular formula is C12H18N4O2S. The van der Waals surface area contributed by atoms with E-state index in [9.17, 15) is 9.59 Å². The molecule has 1 aromatic heterocycles. The van der Waals surface area contributed by atoms with Gasteiger partial charge in [0.15, 0.2) is 5.13 Å². The molecule has 1 aliphatic heterocycles. The molecule has 7 heteroatoms. The van der Waals surface area contributed by atoms with Gasteiger partial charge in [-0.05, 0) is 19.8 Å². The summed E-state index contributed by atoms with van der Waals surface area (Å²) in [5.74, 6) is 0.225. The fourth-order valence-electron chi connectivity index (χ4n) is 1.96. The van der Waals surface area contributed by atoms with E-state index in [1.807, 2.05) is 17.2 Å². The van der Waals surface area contributed by atoms with Crippen molar-refractivity contribution in [2.24, 2.45) is 0 Å². The maximum atomic E-state index is 11.5. The first-order valence-electron chi connectivity index (χ1n) is 6.40. The van der Waals surface area contributed by atoms with Crippen molar-refractivity contribution < 1.29 is 9.59 Å². The van der Waals surface area contributed by atoms with Crippen LogP contribution in [-0.4, -0.2) is 41.5 Å². The van der Waals surface area contributed by atoms with Gasteiger partial charge in [-0.3, -0.25) is 10.1 Å². The van der Waals surface area contributed by atoms with Crippen LogP contribution in [0.15, 0.2) is 5.38 Å². The molecule has 2 heterocycles. The molecule has 6 nitrogen and oxygen atoms in total. The fourth-order valence-corrected chi connectivity index (χ4v) is 2.65. The van der Waals surface area contributed by atoms with Gasteiger partial charge in [0.05, 0.1) is 5.69 Å². The van der Waals surface area contributed by atoms with Gasteiger partial charge in [0.1, 0.15) is 0 Å². The van der Waals surface area contributed by atoms with Crippen molar-refractivity contribution in [1.82, 2.24) is 15.2 Å². The lowest BCUT2D eigenvalue weighted by Crippen LogP contribution is -2.32. The summed E-state index contributed by atoms with van der Waals surface area (Å²) in [7, 11) is 0. The van der Waals surface area contributed by atoms with Crippen molar-refractivity contribution in [2.75, 3.05) is 25.0 Å². The normalized spacial score (nSPS) is 14.8. The zero-order valence-electron chi connectivity index (χ0n) is 10.9. The van der Waals surface area contributed by atoms with Gasteiger partial charge in [-0.1, -0.05) is 0 Å². The van der Waals surface area contributed by atoms with Gasteiger partial charge < -0.3 is 10.2 Å². The Bertz CT molecular complexity index is 460. The van der Waals surface area contributed by atoms with Gasteiger partial charge >= 0.3 is 6.03 Å². The summed E-state index contributed by atoms with van der Waals surface area (Å²) in [6, 6.07) is -0.248. The van der Waals surface area contributed by atoms with Crippen LogP contribution in [0.25, 0.3) is 0 Å². The number of hydrogen-bond acceptors (Lipinski definition) is 4. The summed E-state index contributed by atoms with van der Waals surface area (Å²) < 4.78 is 0. The summed E-state index contributed by atoms with van der Waals surface area (Å²) in [6.07, 6.45) is 2.39. The van der Waals surface area contributed by atoms with Crippen molar-refractivity contribution in [1.29, 1.82) is 0 Å². The Balaban J connectivity index is 1.60. The van der Waals surface area contributed by atoms with Crippen molar-refractivity contribution >= 4 is 28.4 Å². The monoisotopic (exact) mass is 282 g/mol. The molecule has 0 radical (unpaired) electrons. The van der Waals surface area contributed by atoms with E-state index < -0.39 is 0 Å². The molecule has 0 spiro atoms. The predicted molar refractivity (Wildman–Crippen MR) is 74.3 cm³/mol. The van der Waals surface area contributed by atoms with E-state index in [4.69, 9.17) is 0 Å². The zero-order chi connectivity index (χ0) is 13.7. The highest BCUT2D eigenvalue weighted by Gasteiger charge is 2.18. The van der Waals surface area contributed by atoms with Crippen molar-refractivity contribution in [3.63, 3.8) is 0 Å². The van der Waals surface area contributed by atoms with Gasteiger partial charge in [0, 0.05) is 31.4 Å². The molecule has 0 atom stereocenters. The minimum Gasteiger partial charge on any atom is -0.343 e. The molecule has 2 N–H and O–H groups in total. The molecule has 1 saturated heterocycles. The van der Waals surface area contributed by atoms with Crippen LogP contribution in [0.4, 0.5) is 9.93 Å². The Hall–Kier alpha value is -1.63. The number of anilines is 1. The average Bonchev–Trinajstić information content (AvgIpc) is 2.94. The SMILES string of the molecule is Cc1csc(NC(=O)NCCCN2CCCC2=O)n1. The highest BCUT2D eigenvalue weighted by Crippen LogP contribution is 2.13. The molecule has 0 aromatic carbocycles. The Morgan fingerprint density at radius 1 is 1.58 bits per heavy atom. The molecule has 19 heavy (non-hydrogen) atoms. The van der Waals surface area contributed by atoms with Gasteiger partial charge in [-0.15, -0.1) is 11.3 Å². The quantitative estimate of drug-likeness (QED) is 0.805. The van der Waals surface area contributed by atoms with Crippen molar-refractivity contribution in [2.45, 2.75) is 26.2 Å². The smallest absolute Gasteiger partial charge is 0.321 e. The van der Waals surface area contributed by atoms with Gasteiger partial charge in [-0.25, -0.2) is 9.78 Å². The van der Waals surface area contributed by atoms with E-state index in [0.717, 1.165) is 31.6 Å². The van der Waals surface area contributed by atoms with Crippen LogP contribution in [0.3, 0.4) is 0 Å². The van der Waals surface area contributed by atoms with Gasteiger partial charge in [0.2, 0.25) is 5.91 Å². The Labute approximate surface area is 116 Å². The first-order chi connectivity index (χ1) is 9.15. The second-order valence-electron chi connectivity index (χ2n) is 4.51. The van der Waals surface area contributed by atoms with E-state index in [0.29, 0.717) is 18.1 Å². The lowest BCUT2D eigenvalue weighted by molar-refractivity contribution is -0.127. The minimum absolute atomic E-state index is 0.225. The third-order valence-corrected chi connectivity index (χ3v) is 3.78. The molecule has 104 valence electrons. The third kappa shape index (κ3) is 4.20. The van der Waals surface area contributed by atoms with Crippen LogP contribution in [0.5, 0.6) is 0 Å². The number of aromatic nitrogens is 1. The number of nitrogens with one attached hydrogen (secondary N) is 2. The van der Waals surface area contributed by atoms with E-state index in [-0.39, 0.29) is 11.9 Å². The molecule has 0 aliphatic carbocycles. The molecule has 0 unspecified atom stereocenters. The first-order valence-corrected chi connectivity index (χ1v) is 7.28. The number of rotatable bonds is 5. The average molecular weight is 282 g/mol. The summed E-state index contributed by atoms with van der Waals surface area (Å²) in [5.41, 5.74) is 0.896. The highest BCUT2D eigenvalue weighted by molar-refractivity contribution is 7.13. The molecule has 3 amide bonds. The minimum atomic E-state index is -0.248. The second kappa shape index (κ2) is 6.51. The molecular weight excluding hydrogens is 264 g/mol. The fraction of sp³-hybridized carbons (Fsp3) is 0.583. The van der Waals surface area contributed by atoms with E-state index in [1.165, 1.54) is 11.3 Å². The third-order valence-electron chi connectivity index (χ3n) is 2.90. The van der Waals surface area contributed by atoms with Crippen LogP contribution < -0.4 is 10.6 Å². The largest absolute Gasteiger partial charge is 0.343 e. The van der Waals surface area contributed by atoms with E-state index >= 15 is 0 Å². The number of hydrogen-bond donors (Lipinski definition) is 2. The lowest BCUT2D eigenvalue weighted by atomic mass is 10.4. The summed E-state index contributed by atoms with van der Waals surface area (Å²) in [6.45, 7) is 4.01. The second-order valence-corrected chi connectivity index (χ2v) is 5.37. The lowest BCUT2D eigenvalue weighted by Gasteiger charge is -2.15. The molecule has 0 saturated carbocycles. The number of aryl methyl sites for hydroxylation is 1. The number of thiazole rings is 1. The standard InChI is InChI=1S/C12H18N4O2S/c1-9-8-19-12(14-9)15-11(18)13-5-3-7-16-6-2-4-10(16)17/h8H,2-7H2,1H3,(H2,13,14,15,18). The Morgan fingerprint density at radius 2 is 2.42 bits per heavy atom.